The molecule has 0 spiro atoms. The SMILES string of the molecule is CC1=C[C@H](O/C=C2/C(=O)C[C@@H]3c4ccsc4C[C@H]23)OC1=O. The number of fused-ring (bicyclic) bond motifs is 3. The zero-order chi connectivity index (χ0) is 14.6. The lowest BCUT2D eigenvalue weighted by Gasteiger charge is -2.12. The predicted molar refractivity (Wildman–Crippen MR) is 76.7 cm³/mol. The Bertz CT molecular complexity index is 697. The fourth-order valence-electron chi connectivity index (χ4n) is 3.37. The molecule has 0 amide bonds. The van der Waals surface area contributed by atoms with Crippen molar-refractivity contribution in [1.29, 1.82) is 0 Å². The Morgan fingerprint density at radius 3 is 2.95 bits per heavy atom. The molecule has 1 saturated carbocycles. The third kappa shape index (κ3) is 1.95. The van der Waals surface area contributed by atoms with E-state index in [-0.39, 0.29) is 17.7 Å². The summed E-state index contributed by atoms with van der Waals surface area (Å²) in [5.41, 5.74) is 2.60. The molecule has 3 atom stereocenters. The molecule has 2 heterocycles. The monoisotopic (exact) mass is 302 g/mol. The third-order valence-corrected chi connectivity index (χ3v) is 5.42. The first-order valence-electron chi connectivity index (χ1n) is 6.98. The van der Waals surface area contributed by atoms with Gasteiger partial charge in [-0.1, -0.05) is 0 Å². The molecule has 0 saturated heterocycles. The lowest BCUT2D eigenvalue weighted by atomic mass is 9.95. The van der Waals surface area contributed by atoms with Crippen LogP contribution in [0.25, 0.3) is 0 Å². The Morgan fingerprint density at radius 2 is 2.19 bits per heavy atom. The van der Waals surface area contributed by atoms with E-state index in [9.17, 15) is 9.59 Å². The highest BCUT2D eigenvalue weighted by Gasteiger charge is 2.44. The van der Waals surface area contributed by atoms with Crippen LogP contribution in [0.2, 0.25) is 0 Å². The summed E-state index contributed by atoms with van der Waals surface area (Å²) in [7, 11) is 0. The number of hydrogen-bond donors (Lipinski definition) is 0. The van der Waals surface area contributed by atoms with Gasteiger partial charge in [0, 0.05) is 34.4 Å². The molecule has 0 bridgehead atoms. The van der Waals surface area contributed by atoms with Gasteiger partial charge in [-0.25, -0.2) is 4.79 Å². The van der Waals surface area contributed by atoms with Crippen LogP contribution in [-0.4, -0.2) is 18.0 Å². The van der Waals surface area contributed by atoms with Gasteiger partial charge in [-0.3, -0.25) is 4.79 Å². The lowest BCUT2D eigenvalue weighted by Crippen LogP contribution is -2.11. The topological polar surface area (TPSA) is 52.6 Å². The van der Waals surface area contributed by atoms with E-state index in [0.29, 0.717) is 17.9 Å². The first-order valence-corrected chi connectivity index (χ1v) is 7.86. The molecule has 1 aromatic rings. The molecule has 4 rings (SSSR count). The van der Waals surface area contributed by atoms with E-state index >= 15 is 0 Å². The van der Waals surface area contributed by atoms with Gasteiger partial charge in [0.2, 0.25) is 0 Å². The molecule has 0 N–H and O–H groups in total. The van der Waals surface area contributed by atoms with E-state index in [1.54, 1.807) is 24.3 Å². The lowest BCUT2D eigenvalue weighted by molar-refractivity contribution is -0.152. The van der Waals surface area contributed by atoms with Crippen LogP contribution in [0.4, 0.5) is 0 Å². The third-order valence-electron chi connectivity index (χ3n) is 4.46. The molecule has 0 radical (unpaired) electrons. The smallest absolute Gasteiger partial charge is 0.336 e. The number of allylic oxidation sites excluding steroid dienone is 1. The van der Waals surface area contributed by atoms with Gasteiger partial charge in [0.25, 0.3) is 6.29 Å². The fourth-order valence-corrected chi connectivity index (χ4v) is 4.38. The summed E-state index contributed by atoms with van der Waals surface area (Å²) in [6, 6.07) is 2.13. The summed E-state index contributed by atoms with van der Waals surface area (Å²) < 4.78 is 10.5. The normalized spacial score (nSPS) is 32.1. The zero-order valence-electron chi connectivity index (χ0n) is 11.5. The number of carbonyl (C=O) groups is 2. The quantitative estimate of drug-likeness (QED) is 0.479. The minimum absolute atomic E-state index is 0.145. The average Bonchev–Trinajstić information content (AvgIpc) is 3.13. The van der Waals surface area contributed by atoms with Gasteiger partial charge in [-0.2, -0.15) is 0 Å². The van der Waals surface area contributed by atoms with E-state index in [2.05, 4.69) is 11.4 Å². The molecule has 5 heteroatoms. The highest BCUT2D eigenvalue weighted by molar-refractivity contribution is 7.10. The maximum atomic E-state index is 12.2. The Hall–Kier alpha value is -1.88. The molecular weight excluding hydrogens is 288 g/mol. The minimum atomic E-state index is -0.702. The number of ether oxygens (including phenoxy) is 2. The number of rotatable bonds is 2. The first-order chi connectivity index (χ1) is 10.1. The Kier molecular flexibility index (Phi) is 2.79. The van der Waals surface area contributed by atoms with Gasteiger partial charge < -0.3 is 9.47 Å². The van der Waals surface area contributed by atoms with Crippen LogP contribution in [0.1, 0.15) is 29.7 Å². The second-order valence-electron chi connectivity index (χ2n) is 5.68. The van der Waals surface area contributed by atoms with Crippen molar-refractivity contribution in [3.05, 3.63) is 45.4 Å². The summed E-state index contributed by atoms with van der Waals surface area (Å²) in [5, 5.41) is 2.09. The number of ketones is 1. The van der Waals surface area contributed by atoms with E-state index in [1.807, 2.05) is 0 Å². The molecule has 21 heavy (non-hydrogen) atoms. The largest absolute Gasteiger partial charge is 0.458 e. The number of Topliss-reactive ketones (excluding diaryl/α,β-unsaturated/α-hetero) is 1. The van der Waals surface area contributed by atoms with Gasteiger partial charge in [0.05, 0.1) is 6.26 Å². The average molecular weight is 302 g/mol. The zero-order valence-corrected chi connectivity index (χ0v) is 12.3. The van der Waals surface area contributed by atoms with Crippen LogP contribution in [0.5, 0.6) is 0 Å². The highest BCUT2D eigenvalue weighted by Crippen LogP contribution is 2.51. The van der Waals surface area contributed by atoms with Gasteiger partial charge in [0.15, 0.2) is 5.78 Å². The second-order valence-corrected chi connectivity index (χ2v) is 6.68. The van der Waals surface area contributed by atoms with Crippen LogP contribution in [0.15, 0.2) is 34.9 Å². The predicted octanol–water partition coefficient (Wildman–Crippen LogP) is 2.71. The minimum Gasteiger partial charge on any atom is -0.458 e. The second kappa shape index (κ2) is 4.56. The van der Waals surface area contributed by atoms with Crippen molar-refractivity contribution >= 4 is 23.1 Å². The summed E-state index contributed by atoms with van der Waals surface area (Å²) in [6.45, 7) is 1.69. The van der Waals surface area contributed by atoms with Gasteiger partial charge in [-0.05, 0) is 36.3 Å². The van der Waals surface area contributed by atoms with Crippen LogP contribution in [0.3, 0.4) is 0 Å². The molecule has 108 valence electrons. The van der Waals surface area contributed by atoms with Crippen molar-refractivity contribution in [2.24, 2.45) is 5.92 Å². The van der Waals surface area contributed by atoms with E-state index < -0.39 is 6.29 Å². The summed E-state index contributed by atoms with van der Waals surface area (Å²) in [5.74, 6) is 0.308. The van der Waals surface area contributed by atoms with Crippen LogP contribution >= 0.6 is 11.3 Å². The summed E-state index contributed by atoms with van der Waals surface area (Å²) in [4.78, 5) is 24.9. The molecule has 3 aliphatic rings. The number of esters is 1. The summed E-state index contributed by atoms with van der Waals surface area (Å²) >= 11 is 1.76. The van der Waals surface area contributed by atoms with Crippen molar-refractivity contribution in [2.75, 3.05) is 0 Å². The maximum Gasteiger partial charge on any atom is 0.336 e. The first kappa shape index (κ1) is 12.8. The fraction of sp³-hybridized carbons (Fsp3) is 0.375. The highest BCUT2D eigenvalue weighted by atomic mass is 32.1. The molecule has 1 aliphatic heterocycles. The molecule has 4 nitrogen and oxygen atoms in total. The number of carbonyl (C=O) groups excluding carboxylic acids is 2. The van der Waals surface area contributed by atoms with Crippen molar-refractivity contribution < 1.29 is 19.1 Å². The van der Waals surface area contributed by atoms with Crippen LogP contribution in [0, 0.1) is 5.92 Å². The molecule has 1 fully saturated rings. The van der Waals surface area contributed by atoms with Gasteiger partial charge in [-0.15, -0.1) is 11.3 Å². The number of hydrogen-bond acceptors (Lipinski definition) is 5. The van der Waals surface area contributed by atoms with Crippen molar-refractivity contribution in [2.45, 2.75) is 32.0 Å². The number of cyclic esters (lactones) is 1. The Labute approximate surface area is 126 Å². The molecule has 0 unspecified atom stereocenters. The molecular formula is C16H14O4S. The van der Waals surface area contributed by atoms with Crippen LogP contribution < -0.4 is 0 Å². The van der Waals surface area contributed by atoms with Crippen molar-refractivity contribution in [3.63, 3.8) is 0 Å². The van der Waals surface area contributed by atoms with Crippen LogP contribution in [-0.2, 0) is 25.5 Å². The maximum absolute atomic E-state index is 12.2. The van der Waals surface area contributed by atoms with Crippen molar-refractivity contribution in [3.8, 4) is 0 Å². The molecule has 2 aliphatic carbocycles. The van der Waals surface area contributed by atoms with E-state index in [4.69, 9.17) is 9.47 Å². The van der Waals surface area contributed by atoms with E-state index in [0.717, 1.165) is 12.0 Å². The van der Waals surface area contributed by atoms with Gasteiger partial charge in [0.1, 0.15) is 0 Å². The van der Waals surface area contributed by atoms with Crippen molar-refractivity contribution in [1.82, 2.24) is 0 Å². The Morgan fingerprint density at radius 1 is 1.33 bits per heavy atom. The molecule has 1 aromatic heterocycles. The standard InChI is InChI=1S/C16H14O4S/c1-8-4-15(20-16(8)18)19-7-12-11-6-14-9(2-3-21-14)10(11)5-13(12)17/h2-4,7,10-11,15H,5-6H2,1H3/b12-7+/t10-,11+,15-/m1/s1. The van der Waals surface area contributed by atoms with E-state index in [1.165, 1.54) is 16.7 Å². The summed E-state index contributed by atoms with van der Waals surface area (Å²) in [6.07, 6.45) is 3.91. The Balaban J connectivity index is 1.54. The van der Waals surface area contributed by atoms with Gasteiger partial charge >= 0.3 is 5.97 Å². The molecule has 0 aromatic carbocycles. The number of thiophene rings is 1.